The molecule has 30 heavy (non-hydrogen) atoms. The molecule has 0 radical (unpaired) electrons. The number of hydrogen-bond donors (Lipinski definition) is 0. The maximum absolute atomic E-state index is 12.0. The van der Waals surface area contributed by atoms with Crippen LogP contribution in [0.1, 0.15) is 64.4 Å². The number of carbonyl (C=O) groups is 1. The highest BCUT2D eigenvalue weighted by molar-refractivity contribution is 5.87. The first-order chi connectivity index (χ1) is 14.7. The van der Waals surface area contributed by atoms with Gasteiger partial charge in [0.2, 0.25) is 0 Å². The van der Waals surface area contributed by atoms with E-state index >= 15 is 0 Å². The molecule has 4 heteroatoms. The summed E-state index contributed by atoms with van der Waals surface area (Å²) in [5, 5.41) is 2.53. The molecule has 1 heterocycles. The van der Waals surface area contributed by atoms with Crippen LogP contribution >= 0.6 is 0 Å². The highest BCUT2D eigenvalue weighted by Gasteiger charge is 2.26. The molecule has 4 nitrogen and oxygen atoms in total. The van der Waals surface area contributed by atoms with Crippen molar-refractivity contribution >= 4 is 16.7 Å². The zero-order valence-electron chi connectivity index (χ0n) is 18.7. The molecule has 0 aliphatic carbocycles. The van der Waals surface area contributed by atoms with Crippen LogP contribution in [0.5, 0.6) is 5.75 Å². The van der Waals surface area contributed by atoms with E-state index in [1.165, 1.54) is 42.0 Å². The van der Waals surface area contributed by atoms with E-state index in [0.29, 0.717) is 6.61 Å². The Kier molecular flexibility index (Phi) is 9.00. The summed E-state index contributed by atoms with van der Waals surface area (Å²) in [4.78, 5) is 14.4. The standard InChI is InChI=1S/C26H37NO3/c1-3-5-6-7-8-18-30-24-12-13-25-22(19-24)10-9-11-23(25)20-27-16-14-21(15-17-27)26(28)29-4-2/h9-13,19,21H,3-8,14-18,20H2,1-2H3. The van der Waals surface area contributed by atoms with Gasteiger partial charge in [-0.15, -0.1) is 0 Å². The highest BCUT2D eigenvalue weighted by Crippen LogP contribution is 2.27. The third-order valence-corrected chi connectivity index (χ3v) is 6.06. The Balaban J connectivity index is 1.54. The Bertz CT molecular complexity index is 796. The molecule has 0 atom stereocenters. The normalized spacial score (nSPS) is 15.4. The lowest BCUT2D eigenvalue weighted by molar-refractivity contribution is -0.149. The van der Waals surface area contributed by atoms with E-state index in [-0.39, 0.29) is 11.9 Å². The van der Waals surface area contributed by atoms with Gasteiger partial charge in [-0.25, -0.2) is 0 Å². The van der Waals surface area contributed by atoms with Gasteiger partial charge in [-0.1, -0.05) is 56.9 Å². The average molecular weight is 412 g/mol. The van der Waals surface area contributed by atoms with Crippen LogP contribution in [0.4, 0.5) is 0 Å². The van der Waals surface area contributed by atoms with Crippen LogP contribution in [0.2, 0.25) is 0 Å². The van der Waals surface area contributed by atoms with Gasteiger partial charge < -0.3 is 9.47 Å². The van der Waals surface area contributed by atoms with Gasteiger partial charge in [0.05, 0.1) is 19.1 Å². The lowest BCUT2D eigenvalue weighted by Crippen LogP contribution is -2.36. The topological polar surface area (TPSA) is 38.8 Å². The van der Waals surface area contributed by atoms with Gasteiger partial charge >= 0.3 is 5.97 Å². The van der Waals surface area contributed by atoms with Gasteiger partial charge in [0.15, 0.2) is 0 Å². The van der Waals surface area contributed by atoms with Crippen molar-refractivity contribution in [2.24, 2.45) is 5.92 Å². The summed E-state index contributed by atoms with van der Waals surface area (Å²) in [5.74, 6) is 1.00. The average Bonchev–Trinajstić information content (AvgIpc) is 2.77. The Hall–Kier alpha value is -2.07. The fourth-order valence-corrected chi connectivity index (χ4v) is 4.28. The lowest BCUT2D eigenvalue weighted by atomic mass is 9.96. The predicted octanol–water partition coefficient (Wildman–Crippen LogP) is 5.96. The van der Waals surface area contributed by atoms with Crippen LogP contribution in [-0.4, -0.2) is 37.2 Å². The number of rotatable bonds is 11. The van der Waals surface area contributed by atoms with Crippen molar-refractivity contribution in [1.29, 1.82) is 0 Å². The van der Waals surface area contributed by atoms with E-state index in [9.17, 15) is 4.79 Å². The van der Waals surface area contributed by atoms with Gasteiger partial charge in [-0.3, -0.25) is 9.69 Å². The molecule has 2 aromatic rings. The number of esters is 1. The molecule has 0 N–H and O–H groups in total. The molecule has 0 bridgehead atoms. The summed E-state index contributed by atoms with van der Waals surface area (Å²) in [6.45, 7) is 8.19. The molecule has 164 valence electrons. The number of fused-ring (bicyclic) bond motifs is 1. The van der Waals surface area contributed by atoms with Crippen molar-refractivity contribution in [3.63, 3.8) is 0 Å². The minimum Gasteiger partial charge on any atom is -0.494 e. The number of hydrogen-bond acceptors (Lipinski definition) is 4. The van der Waals surface area contributed by atoms with Crippen LogP contribution in [0.3, 0.4) is 0 Å². The second-order valence-electron chi connectivity index (χ2n) is 8.37. The molecule has 3 rings (SSSR count). The maximum atomic E-state index is 12.0. The van der Waals surface area contributed by atoms with Gasteiger partial charge in [-0.05, 0) is 67.7 Å². The van der Waals surface area contributed by atoms with E-state index in [0.717, 1.165) is 51.3 Å². The number of unbranched alkanes of at least 4 members (excludes halogenated alkanes) is 4. The quantitative estimate of drug-likeness (QED) is 0.338. The fourth-order valence-electron chi connectivity index (χ4n) is 4.28. The second-order valence-corrected chi connectivity index (χ2v) is 8.37. The smallest absolute Gasteiger partial charge is 0.309 e. The SMILES string of the molecule is CCCCCCCOc1ccc2c(CN3CCC(C(=O)OCC)CC3)cccc2c1. The first kappa shape index (κ1) is 22.6. The Morgan fingerprint density at radius 1 is 1.03 bits per heavy atom. The highest BCUT2D eigenvalue weighted by atomic mass is 16.5. The molecule has 1 saturated heterocycles. The number of carbonyl (C=O) groups excluding carboxylic acids is 1. The number of likely N-dealkylation sites (tertiary alicyclic amines) is 1. The summed E-state index contributed by atoms with van der Waals surface area (Å²) < 4.78 is 11.2. The zero-order valence-corrected chi connectivity index (χ0v) is 18.7. The van der Waals surface area contributed by atoms with Gasteiger partial charge in [0.25, 0.3) is 0 Å². The van der Waals surface area contributed by atoms with E-state index in [4.69, 9.17) is 9.47 Å². The third kappa shape index (κ3) is 6.46. The number of nitrogens with zero attached hydrogens (tertiary/aromatic N) is 1. The molecule has 0 amide bonds. The third-order valence-electron chi connectivity index (χ3n) is 6.06. The van der Waals surface area contributed by atoms with Crippen LogP contribution < -0.4 is 4.74 Å². The number of piperidine rings is 1. The number of benzene rings is 2. The summed E-state index contributed by atoms with van der Waals surface area (Å²) in [6, 6.07) is 13.0. The predicted molar refractivity (Wildman–Crippen MR) is 123 cm³/mol. The molecular weight excluding hydrogens is 374 g/mol. The minimum absolute atomic E-state index is 0.0276. The minimum atomic E-state index is -0.0276. The molecule has 1 aliphatic rings. The molecule has 1 fully saturated rings. The van der Waals surface area contributed by atoms with Crippen molar-refractivity contribution in [2.45, 2.75) is 65.3 Å². The Morgan fingerprint density at radius 3 is 2.60 bits per heavy atom. The summed E-state index contributed by atoms with van der Waals surface area (Å²) in [5.41, 5.74) is 1.34. The molecule has 1 aliphatic heterocycles. The largest absolute Gasteiger partial charge is 0.494 e. The van der Waals surface area contributed by atoms with Gasteiger partial charge in [-0.2, -0.15) is 0 Å². The maximum Gasteiger partial charge on any atom is 0.309 e. The van der Waals surface area contributed by atoms with Crippen molar-refractivity contribution in [1.82, 2.24) is 4.90 Å². The van der Waals surface area contributed by atoms with E-state index in [1.807, 2.05) is 6.92 Å². The zero-order chi connectivity index (χ0) is 21.2. The van der Waals surface area contributed by atoms with Crippen LogP contribution in [-0.2, 0) is 16.1 Å². The molecule has 0 aromatic heterocycles. The molecular formula is C26H37NO3. The Labute approximate surface area is 181 Å². The van der Waals surface area contributed by atoms with Crippen LogP contribution in [0, 0.1) is 5.92 Å². The molecule has 2 aromatic carbocycles. The molecule has 0 spiro atoms. The molecule has 0 unspecified atom stereocenters. The number of ether oxygens (including phenoxy) is 2. The summed E-state index contributed by atoms with van der Waals surface area (Å²) in [7, 11) is 0. The summed E-state index contributed by atoms with van der Waals surface area (Å²) >= 11 is 0. The van der Waals surface area contributed by atoms with E-state index in [1.54, 1.807) is 0 Å². The Morgan fingerprint density at radius 2 is 1.83 bits per heavy atom. The van der Waals surface area contributed by atoms with E-state index in [2.05, 4.69) is 48.2 Å². The van der Waals surface area contributed by atoms with Crippen LogP contribution in [0.15, 0.2) is 36.4 Å². The summed E-state index contributed by atoms with van der Waals surface area (Å²) in [6.07, 6.45) is 8.05. The van der Waals surface area contributed by atoms with Gasteiger partial charge in [0.1, 0.15) is 5.75 Å². The molecule has 0 saturated carbocycles. The van der Waals surface area contributed by atoms with Crippen molar-refractivity contribution < 1.29 is 14.3 Å². The van der Waals surface area contributed by atoms with Crippen molar-refractivity contribution in [3.05, 3.63) is 42.0 Å². The first-order valence-corrected chi connectivity index (χ1v) is 11.7. The first-order valence-electron chi connectivity index (χ1n) is 11.7. The van der Waals surface area contributed by atoms with E-state index < -0.39 is 0 Å². The van der Waals surface area contributed by atoms with Gasteiger partial charge in [0, 0.05) is 6.54 Å². The van der Waals surface area contributed by atoms with Crippen LogP contribution in [0.25, 0.3) is 10.8 Å². The van der Waals surface area contributed by atoms with Crippen molar-refractivity contribution in [2.75, 3.05) is 26.3 Å². The second kappa shape index (κ2) is 11.9. The fraction of sp³-hybridized carbons (Fsp3) is 0.577. The monoisotopic (exact) mass is 411 g/mol. The van der Waals surface area contributed by atoms with Crippen molar-refractivity contribution in [3.8, 4) is 5.75 Å². The lowest BCUT2D eigenvalue weighted by Gasteiger charge is -2.31.